The van der Waals surface area contributed by atoms with Crippen LogP contribution in [0.5, 0.6) is 5.75 Å². The van der Waals surface area contributed by atoms with E-state index in [0.29, 0.717) is 5.92 Å². The van der Waals surface area contributed by atoms with Crippen LogP contribution in [-0.2, 0) is 0 Å². The van der Waals surface area contributed by atoms with E-state index in [9.17, 15) is 5.11 Å². The summed E-state index contributed by atoms with van der Waals surface area (Å²) in [4.78, 5) is 0. The van der Waals surface area contributed by atoms with E-state index < -0.39 is 7.12 Å². The van der Waals surface area contributed by atoms with Gasteiger partial charge in [-0.3, -0.25) is 0 Å². The molecule has 1 aromatic rings. The highest BCUT2D eigenvalue weighted by molar-refractivity contribution is 6.59. The molecule has 0 bridgehead atoms. The molecule has 0 saturated heterocycles. The highest BCUT2D eigenvalue weighted by Crippen LogP contribution is 2.36. The molecule has 3 nitrogen and oxygen atoms in total. The van der Waals surface area contributed by atoms with Crippen molar-refractivity contribution in [3.8, 4) is 5.75 Å². The second-order valence-electron chi connectivity index (χ2n) is 4.49. The molecule has 0 amide bonds. The zero-order chi connectivity index (χ0) is 11.5. The minimum Gasteiger partial charge on any atom is -0.508 e. The van der Waals surface area contributed by atoms with E-state index >= 15 is 0 Å². The molecule has 86 valence electrons. The Labute approximate surface area is 95.9 Å². The molecule has 0 radical (unpaired) electrons. The van der Waals surface area contributed by atoms with Crippen molar-refractivity contribution in [1.82, 2.24) is 0 Å². The maximum Gasteiger partial charge on any atom is 0.492 e. The third-order valence-corrected chi connectivity index (χ3v) is 3.42. The highest BCUT2D eigenvalue weighted by atomic mass is 16.4. The lowest BCUT2D eigenvalue weighted by molar-refractivity contribution is 0.406. The fourth-order valence-electron chi connectivity index (χ4n) is 2.53. The third kappa shape index (κ3) is 2.23. The van der Waals surface area contributed by atoms with Gasteiger partial charge in [0.05, 0.1) is 0 Å². The molecule has 0 spiro atoms. The van der Waals surface area contributed by atoms with Crippen molar-refractivity contribution in [2.75, 3.05) is 0 Å². The van der Waals surface area contributed by atoms with Crippen LogP contribution in [0.4, 0.5) is 0 Å². The summed E-state index contributed by atoms with van der Waals surface area (Å²) in [5.41, 5.74) is 1.08. The molecule has 1 fully saturated rings. The summed E-state index contributed by atoms with van der Waals surface area (Å²) < 4.78 is 0. The Morgan fingerprint density at radius 1 is 1.06 bits per heavy atom. The predicted octanol–water partition coefficient (Wildman–Crippen LogP) is 1.12. The topological polar surface area (TPSA) is 60.7 Å². The molecule has 4 heteroatoms. The zero-order valence-electron chi connectivity index (χ0n) is 9.26. The third-order valence-electron chi connectivity index (χ3n) is 3.42. The minimum atomic E-state index is -1.59. The summed E-state index contributed by atoms with van der Waals surface area (Å²) in [7, 11) is -1.59. The predicted molar refractivity (Wildman–Crippen MR) is 63.8 cm³/mol. The first-order valence-electron chi connectivity index (χ1n) is 5.88. The average molecular weight is 220 g/mol. The molecule has 0 aliphatic heterocycles. The zero-order valence-corrected chi connectivity index (χ0v) is 9.26. The monoisotopic (exact) mass is 220 g/mol. The van der Waals surface area contributed by atoms with Crippen LogP contribution >= 0.6 is 0 Å². The van der Waals surface area contributed by atoms with Gasteiger partial charge in [-0.05, 0) is 24.3 Å². The van der Waals surface area contributed by atoms with Crippen LogP contribution in [0, 0.1) is 0 Å². The first-order valence-corrected chi connectivity index (χ1v) is 5.88. The van der Waals surface area contributed by atoms with Gasteiger partial charge in [0.25, 0.3) is 0 Å². The lowest BCUT2D eigenvalue weighted by atomic mass is 9.75. The standard InChI is InChI=1S/C12H17BO3/c14-12-10(9-5-2-1-3-6-9)7-4-8-11(12)13(15)16/h4,7-9,14-16H,1-3,5-6H2. The van der Waals surface area contributed by atoms with Crippen molar-refractivity contribution in [2.45, 2.75) is 38.0 Å². The van der Waals surface area contributed by atoms with Gasteiger partial charge in [-0.2, -0.15) is 0 Å². The van der Waals surface area contributed by atoms with Crippen LogP contribution < -0.4 is 5.46 Å². The average Bonchev–Trinajstić information content (AvgIpc) is 2.30. The fourth-order valence-corrected chi connectivity index (χ4v) is 2.53. The number of phenols is 1. The van der Waals surface area contributed by atoms with Crippen LogP contribution in [0.15, 0.2) is 18.2 Å². The lowest BCUT2D eigenvalue weighted by Crippen LogP contribution is -2.30. The molecular formula is C12H17BO3. The van der Waals surface area contributed by atoms with Gasteiger partial charge >= 0.3 is 7.12 Å². The van der Waals surface area contributed by atoms with Crippen molar-refractivity contribution in [3.63, 3.8) is 0 Å². The van der Waals surface area contributed by atoms with Crippen molar-refractivity contribution < 1.29 is 15.2 Å². The van der Waals surface area contributed by atoms with E-state index in [-0.39, 0.29) is 11.2 Å². The van der Waals surface area contributed by atoms with Gasteiger partial charge in [0, 0.05) is 5.46 Å². The van der Waals surface area contributed by atoms with Crippen LogP contribution in [0.2, 0.25) is 0 Å². The Morgan fingerprint density at radius 3 is 2.38 bits per heavy atom. The summed E-state index contributed by atoms with van der Waals surface area (Å²) in [5, 5.41) is 28.2. The second-order valence-corrected chi connectivity index (χ2v) is 4.49. The van der Waals surface area contributed by atoms with E-state index in [1.807, 2.05) is 6.07 Å². The molecule has 16 heavy (non-hydrogen) atoms. The summed E-state index contributed by atoms with van der Waals surface area (Å²) in [6.07, 6.45) is 5.81. The number of para-hydroxylation sites is 1. The van der Waals surface area contributed by atoms with E-state index in [4.69, 9.17) is 10.0 Å². The molecule has 0 heterocycles. The van der Waals surface area contributed by atoms with Gasteiger partial charge in [-0.25, -0.2) is 0 Å². The summed E-state index contributed by atoms with van der Waals surface area (Å²) in [6, 6.07) is 5.21. The SMILES string of the molecule is OB(O)c1cccc(C2CCCCC2)c1O. The van der Waals surface area contributed by atoms with Gasteiger partial charge in [0.15, 0.2) is 0 Å². The molecule has 1 aliphatic rings. The molecule has 0 unspecified atom stereocenters. The van der Waals surface area contributed by atoms with Gasteiger partial charge in [0.2, 0.25) is 0 Å². The van der Waals surface area contributed by atoms with Crippen LogP contribution in [-0.4, -0.2) is 22.3 Å². The molecule has 3 N–H and O–H groups in total. The number of hydrogen-bond acceptors (Lipinski definition) is 3. The van der Waals surface area contributed by atoms with Gasteiger partial charge in [-0.1, -0.05) is 37.5 Å². The smallest absolute Gasteiger partial charge is 0.492 e. The molecule has 2 rings (SSSR count). The van der Waals surface area contributed by atoms with Gasteiger partial charge < -0.3 is 15.2 Å². The molecule has 1 aromatic carbocycles. The Kier molecular flexibility index (Phi) is 3.51. The molecule has 0 atom stereocenters. The Bertz CT molecular complexity index is 359. The number of rotatable bonds is 2. The van der Waals surface area contributed by atoms with E-state index in [2.05, 4.69) is 0 Å². The van der Waals surface area contributed by atoms with Gasteiger partial charge in [-0.15, -0.1) is 0 Å². The molecule has 1 aliphatic carbocycles. The maximum absolute atomic E-state index is 9.99. The number of hydrogen-bond donors (Lipinski definition) is 3. The first-order chi connectivity index (χ1) is 7.70. The lowest BCUT2D eigenvalue weighted by Gasteiger charge is -2.23. The second kappa shape index (κ2) is 4.89. The van der Waals surface area contributed by atoms with Crippen molar-refractivity contribution in [2.24, 2.45) is 0 Å². The van der Waals surface area contributed by atoms with Crippen molar-refractivity contribution in [3.05, 3.63) is 23.8 Å². The first kappa shape index (κ1) is 11.5. The minimum absolute atomic E-state index is 0.0596. The summed E-state index contributed by atoms with van der Waals surface area (Å²) in [5.74, 6) is 0.428. The molecular weight excluding hydrogens is 203 g/mol. The maximum atomic E-state index is 9.99. The van der Waals surface area contributed by atoms with Crippen LogP contribution in [0.1, 0.15) is 43.6 Å². The quantitative estimate of drug-likeness (QED) is 0.654. The largest absolute Gasteiger partial charge is 0.508 e. The van der Waals surface area contributed by atoms with Gasteiger partial charge in [0.1, 0.15) is 5.75 Å². The normalized spacial score (nSPS) is 17.4. The number of aromatic hydroxyl groups is 1. The Hall–Kier alpha value is -0.995. The summed E-state index contributed by atoms with van der Waals surface area (Å²) in [6.45, 7) is 0. The van der Waals surface area contributed by atoms with E-state index in [1.165, 1.54) is 19.3 Å². The number of benzene rings is 1. The number of phenolic OH excluding ortho intramolecular Hbond substituents is 1. The molecule has 0 aromatic heterocycles. The molecule has 1 saturated carbocycles. The van der Waals surface area contributed by atoms with E-state index in [0.717, 1.165) is 18.4 Å². The Balaban J connectivity index is 2.29. The summed E-state index contributed by atoms with van der Waals surface area (Å²) >= 11 is 0. The van der Waals surface area contributed by atoms with Crippen molar-refractivity contribution in [1.29, 1.82) is 0 Å². The highest BCUT2D eigenvalue weighted by Gasteiger charge is 2.23. The van der Waals surface area contributed by atoms with Crippen LogP contribution in [0.3, 0.4) is 0 Å². The van der Waals surface area contributed by atoms with E-state index in [1.54, 1.807) is 12.1 Å². The Morgan fingerprint density at radius 2 is 1.75 bits per heavy atom. The fraction of sp³-hybridized carbons (Fsp3) is 0.500. The van der Waals surface area contributed by atoms with Crippen LogP contribution in [0.25, 0.3) is 0 Å². The van der Waals surface area contributed by atoms with Crippen molar-refractivity contribution >= 4 is 12.6 Å².